The van der Waals surface area contributed by atoms with Crippen LogP contribution in [0.5, 0.6) is 0 Å². The molecule has 26 heavy (non-hydrogen) atoms. The van der Waals surface area contributed by atoms with Crippen LogP contribution in [0.2, 0.25) is 0 Å². The van der Waals surface area contributed by atoms with E-state index in [0.717, 1.165) is 5.56 Å². The summed E-state index contributed by atoms with van der Waals surface area (Å²) >= 11 is 0. The van der Waals surface area contributed by atoms with Crippen molar-refractivity contribution in [1.29, 1.82) is 5.26 Å². The highest BCUT2D eigenvalue weighted by atomic mass is 16.4. The lowest BCUT2D eigenvalue weighted by Crippen LogP contribution is -2.36. The second-order valence-electron chi connectivity index (χ2n) is 6.08. The van der Waals surface area contributed by atoms with Crippen molar-refractivity contribution in [2.45, 2.75) is 26.4 Å². The standard InChI is InChI=1S/C20H18N4O2/c1-14(2)24(20(25)17-10-8-15(12-21)9-11-17)13-18-22-23-19(26-18)16-6-4-3-5-7-16/h3-11,14H,13H2,1-2H3. The summed E-state index contributed by atoms with van der Waals surface area (Å²) in [5.74, 6) is 0.652. The molecule has 0 N–H and O–H groups in total. The number of amides is 1. The largest absolute Gasteiger partial charge is 0.419 e. The Hall–Kier alpha value is -3.46. The molecule has 0 fully saturated rings. The van der Waals surface area contributed by atoms with Crippen molar-refractivity contribution in [2.75, 3.05) is 0 Å². The van der Waals surface area contributed by atoms with Gasteiger partial charge in [0.25, 0.3) is 5.91 Å². The van der Waals surface area contributed by atoms with Crippen LogP contribution in [0.1, 0.15) is 35.7 Å². The molecular weight excluding hydrogens is 328 g/mol. The van der Waals surface area contributed by atoms with Crippen LogP contribution in [-0.4, -0.2) is 27.0 Å². The van der Waals surface area contributed by atoms with E-state index < -0.39 is 0 Å². The number of carbonyl (C=O) groups is 1. The van der Waals surface area contributed by atoms with E-state index in [9.17, 15) is 4.79 Å². The smallest absolute Gasteiger partial charge is 0.254 e. The molecule has 0 spiro atoms. The van der Waals surface area contributed by atoms with Gasteiger partial charge >= 0.3 is 0 Å². The van der Waals surface area contributed by atoms with Gasteiger partial charge in [-0.3, -0.25) is 4.79 Å². The topological polar surface area (TPSA) is 83.0 Å². The van der Waals surface area contributed by atoms with Crippen LogP contribution in [0, 0.1) is 11.3 Å². The second kappa shape index (κ2) is 7.62. The SMILES string of the molecule is CC(C)N(Cc1nnc(-c2ccccc2)o1)C(=O)c1ccc(C#N)cc1. The summed E-state index contributed by atoms with van der Waals surface area (Å²) < 4.78 is 5.71. The van der Waals surface area contributed by atoms with Crippen LogP contribution >= 0.6 is 0 Å². The van der Waals surface area contributed by atoms with E-state index in [2.05, 4.69) is 10.2 Å². The molecule has 0 unspecified atom stereocenters. The summed E-state index contributed by atoms with van der Waals surface area (Å²) in [5.41, 5.74) is 1.86. The minimum absolute atomic E-state index is 0.0507. The molecule has 0 bridgehead atoms. The molecule has 1 amide bonds. The Balaban J connectivity index is 1.79. The lowest BCUT2D eigenvalue weighted by atomic mass is 10.1. The number of hydrogen-bond acceptors (Lipinski definition) is 5. The number of hydrogen-bond donors (Lipinski definition) is 0. The molecule has 0 aliphatic rings. The number of benzene rings is 2. The predicted octanol–water partition coefficient (Wildman–Crippen LogP) is 3.66. The molecule has 6 heteroatoms. The third-order valence-corrected chi connectivity index (χ3v) is 3.94. The van der Waals surface area contributed by atoms with Crippen LogP contribution < -0.4 is 0 Å². The van der Waals surface area contributed by atoms with E-state index in [-0.39, 0.29) is 18.5 Å². The molecule has 2 aromatic carbocycles. The fraction of sp³-hybridized carbons (Fsp3) is 0.200. The summed E-state index contributed by atoms with van der Waals surface area (Å²) in [4.78, 5) is 14.5. The molecule has 0 aliphatic heterocycles. The van der Waals surface area contributed by atoms with Crippen molar-refractivity contribution in [2.24, 2.45) is 0 Å². The molecule has 130 valence electrons. The molecule has 0 aliphatic carbocycles. The van der Waals surface area contributed by atoms with Gasteiger partial charge in [-0.05, 0) is 50.2 Å². The Morgan fingerprint density at radius 3 is 2.42 bits per heavy atom. The minimum atomic E-state index is -0.149. The van der Waals surface area contributed by atoms with Gasteiger partial charge in [0.05, 0.1) is 18.2 Å². The van der Waals surface area contributed by atoms with Crippen LogP contribution in [-0.2, 0) is 6.54 Å². The lowest BCUT2D eigenvalue weighted by molar-refractivity contribution is 0.0672. The zero-order valence-electron chi connectivity index (χ0n) is 14.6. The molecule has 3 rings (SSSR count). The van der Waals surface area contributed by atoms with E-state index in [0.29, 0.717) is 22.9 Å². The first-order chi connectivity index (χ1) is 12.6. The summed E-state index contributed by atoms with van der Waals surface area (Å²) in [5, 5.41) is 17.0. The number of carbonyl (C=O) groups excluding carboxylic acids is 1. The van der Waals surface area contributed by atoms with E-state index in [1.165, 1.54) is 0 Å². The molecule has 0 radical (unpaired) electrons. The predicted molar refractivity (Wildman–Crippen MR) is 95.9 cm³/mol. The molecule has 1 heterocycles. The van der Waals surface area contributed by atoms with E-state index >= 15 is 0 Å². The van der Waals surface area contributed by atoms with Gasteiger partial charge in [0.15, 0.2) is 0 Å². The van der Waals surface area contributed by atoms with Gasteiger partial charge in [0.1, 0.15) is 0 Å². The van der Waals surface area contributed by atoms with Crippen LogP contribution in [0.25, 0.3) is 11.5 Å². The fourth-order valence-corrected chi connectivity index (χ4v) is 2.50. The third-order valence-electron chi connectivity index (χ3n) is 3.94. The summed E-state index contributed by atoms with van der Waals surface area (Å²) in [6.07, 6.45) is 0. The second-order valence-corrected chi connectivity index (χ2v) is 6.08. The molecular formula is C20H18N4O2. The van der Waals surface area contributed by atoms with Gasteiger partial charge in [0, 0.05) is 17.2 Å². The highest BCUT2D eigenvalue weighted by Gasteiger charge is 2.22. The normalized spacial score (nSPS) is 10.5. The Kier molecular flexibility index (Phi) is 5.09. The maximum absolute atomic E-state index is 12.8. The molecule has 6 nitrogen and oxygen atoms in total. The van der Waals surface area contributed by atoms with Crippen molar-refractivity contribution in [3.8, 4) is 17.5 Å². The van der Waals surface area contributed by atoms with Crippen molar-refractivity contribution in [1.82, 2.24) is 15.1 Å². The lowest BCUT2D eigenvalue weighted by Gasteiger charge is -2.25. The minimum Gasteiger partial charge on any atom is -0.419 e. The zero-order valence-corrected chi connectivity index (χ0v) is 14.6. The maximum atomic E-state index is 12.8. The average molecular weight is 346 g/mol. The zero-order chi connectivity index (χ0) is 18.5. The number of nitrogens with zero attached hydrogens (tertiary/aromatic N) is 4. The van der Waals surface area contributed by atoms with Crippen molar-refractivity contribution < 1.29 is 9.21 Å². The molecule has 3 aromatic rings. The fourth-order valence-electron chi connectivity index (χ4n) is 2.50. The summed E-state index contributed by atoms with van der Waals surface area (Å²) in [6.45, 7) is 4.07. The van der Waals surface area contributed by atoms with Gasteiger partial charge in [0.2, 0.25) is 11.8 Å². The molecule has 0 saturated heterocycles. The van der Waals surface area contributed by atoms with Gasteiger partial charge in [-0.1, -0.05) is 18.2 Å². The van der Waals surface area contributed by atoms with Crippen molar-refractivity contribution in [3.63, 3.8) is 0 Å². The summed E-state index contributed by atoms with van der Waals surface area (Å²) in [6, 6.07) is 18.0. The van der Waals surface area contributed by atoms with Gasteiger partial charge in [-0.2, -0.15) is 5.26 Å². The number of rotatable bonds is 5. The number of aromatic nitrogens is 2. The van der Waals surface area contributed by atoms with Crippen LogP contribution in [0.3, 0.4) is 0 Å². The monoisotopic (exact) mass is 346 g/mol. The highest BCUT2D eigenvalue weighted by molar-refractivity contribution is 5.94. The van der Waals surface area contributed by atoms with Gasteiger partial charge < -0.3 is 9.32 Å². The van der Waals surface area contributed by atoms with Crippen molar-refractivity contribution >= 4 is 5.91 Å². The van der Waals surface area contributed by atoms with E-state index in [4.69, 9.17) is 9.68 Å². The Bertz CT molecular complexity index is 924. The first-order valence-electron chi connectivity index (χ1n) is 8.27. The van der Waals surface area contributed by atoms with Crippen LogP contribution in [0.4, 0.5) is 0 Å². The highest BCUT2D eigenvalue weighted by Crippen LogP contribution is 2.19. The average Bonchev–Trinajstić information content (AvgIpc) is 3.15. The van der Waals surface area contributed by atoms with E-state index in [1.54, 1.807) is 29.2 Å². The first-order valence-corrected chi connectivity index (χ1v) is 8.27. The van der Waals surface area contributed by atoms with Crippen LogP contribution in [0.15, 0.2) is 59.0 Å². The summed E-state index contributed by atoms with van der Waals surface area (Å²) in [7, 11) is 0. The van der Waals surface area contributed by atoms with Gasteiger partial charge in [-0.25, -0.2) is 0 Å². The maximum Gasteiger partial charge on any atom is 0.254 e. The van der Waals surface area contributed by atoms with E-state index in [1.807, 2.05) is 50.2 Å². The van der Waals surface area contributed by atoms with Crippen molar-refractivity contribution in [3.05, 3.63) is 71.6 Å². The Morgan fingerprint density at radius 2 is 1.81 bits per heavy atom. The molecule has 1 aromatic heterocycles. The Labute approximate surface area is 151 Å². The first kappa shape index (κ1) is 17.4. The molecule has 0 saturated carbocycles. The third kappa shape index (κ3) is 3.78. The molecule has 0 atom stereocenters. The number of nitriles is 1. The van der Waals surface area contributed by atoms with Gasteiger partial charge in [-0.15, -0.1) is 10.2 Å². The Morgan fingerprint density at radius 1 is 1.12 bits per heavy atom. The quantitative estimate of drug-likeness (QED) is 0.704.